The predicted molar refractivity (Wildman–Crippen MR) is 155 cm³/mol. The number of piperidine rings is 1. The van der Waals surface area contributed by atoms with E-state index >= 15 is 0 Å². The third-order valence-corrected chi connectivity index (χ3v) is 8.70. The summed E-state index contributed by atoms with van der Waals surface area (Å²) in [5.74, 6) is 0.219. The van der Waals surface area contributed by atoms with Gasteiger partial charge in [0, 0.05) is 56.6 Å². The molecule has 1 saturated carbocycles. The van der Waals surface area contributed by atoms with Crippen molar-refractivity contribution < 1.29 is 14.4 Å². The van der Waals surface area contributed by atoms with Crippen molar-refractivity contribution in [3.63, 3.8) is 0 Å². The Morgan fingerprint density at radius 1 is 0.821 bits per heavy atom. The van der Waals surface area contributed by atoms with Gasteiger partial charge in [0.2, 0.25) is 11.8 Å². The fourth-order valence-corrected chi connectivity index (χ4v) is 6.39. The van der Waals surface area contributed by atoms with Crippen molar-refractivity contribution in [2.75, 3.05) is 49.5 Å². The van der Waals surface area contributed by atoms with Gasteiger partial charge in [0.25, 0.3) is 5.91 Å². The molecule has 3 fully saturated rings. The Balaban J connectivity index is 1.32. The molecule has 39 heavy (non-hydrogen) atoms. The summed E-state index contributed by atoms with van der Waals surface area (Å²) in [4.78, 5) is 46.1. The summed E-state index contributed by atoms with van der Waals surface area (Å²) in [5, 5.41) is 3.09. The Labute approximate surface area is 232 Å². The van der Waals surface area contributed by atoms with Crippen LogP contribution in [0.1, 0.15) is 80.1 Å². The van der Waals surface area contributed by atoms with Gasteiger partial charge in [-0.25, -0.2) is 0 Å². The first kappa shape index (κ1) is 27.2. The largest absolute Gasteiger partial charge is 0.367 e. The van der Waals surface area contributed by atoms with Crippen LogP contribution < -0.4 is 10.2 Å². The number of anilines is 2. The van der Waals surface area contributed by atoms with Crippen molar-refractivity contribution in [2.24, 2.45) is 5.92 Å². The SMILES string of the molecule is CC[C@H](C(=O)N1CCN(c2ccc(NC(=O)C3CCCC3)cc2C(=O)N2CCCCC2)CC1)c1ccccc1. The quantitative estimate of drug-likeness (QED) is 0.528. The van der Waals surface area contributed by atoms with E-state index in [1.165, 1.54) is 0 Å². The minimum absolute atomic E-state index is 0.0373. The van der Waals surface area contributed by atoms with E-state index in [2.05, 4.69) is 17.1 Å². The summed E-state index contributed by atoms with van der Waals surface area (Å²) >= 11 is 0. The Morgan fingerprint density at radius 2 is 1.51 bits per heavy atom. The van der Waals surface area contributed by atoms with Crippen molar-refractivity contribution >= 4 is 29.1 Å². The standard InChI is InChI=1S/C32H42N4O3/c1-2-27(24-11-5-3-6-12-24)31(38)36-21-19-34(20-22-36)29-16-15-26(33-30(37)25-13-7-8-14-25)23-28(29)32(39)35-17-9-4-10-18-35/h3,5-6,11-12,15-16,23,25,27H,2,4,7-10,13-14,17-22H2,1H3,(H,33,37)/t27-/m0/s1. The van der Waals surface area contributed by atoms with E-state index in [0.717, 1.165) is 75.7 Å². The topological polar surface area (TPSA) is 73.0 Å². The highest BCUT2D eigenvalue weighted by Crippen LogP contribution is 2.31. The first-order chi connectivity index (χ1) is 19.0. The normalized spacial score (nSPS) is 19.2. The van der Waals surface area contributed by atoms with Gasteiger partial charge in [0.1, 0.15) is 0 Å². The van der Waals surface area contributed by atoms with Gasteiger partial charge in [0.15, 0.2) is 0 Å². The van der Waals surface area contributed by atoms with E-state index in [1.54, 1.807) is 0 Å². The second-order valence-electron chi connectivity index (χ2n) is 11.2. The molecular formula is C32H42N4O3. The molecule has 2 aromatic carbocycles. The molecule has 7 heteroatoms. The number of rotatable bonds is 7. The lowest BCUT2D eigenvalue weighted by Crippen LogP contribution is -2.50. The van der Waals surface area contributed by atoms with E-state index in [-0.39, 0.29) is 29.6 Å². The molecule has 0 spiro atoms. The Kier molecular flexibility index (Phi) is 8.84. The molecule has 3 amide bonds. The molecule has 1 aliphatic carbocycles. The predicted octanol–water partition coefficient (Wildman–Crippen LogP) is 5.28. The number of carbonyl (C=O) groups excluding carboxylic acids is 3. The second-order valence-corrected chi connectivity index (χ2v) is 11.2. The van der Waals surface area contributed by atoms with Crippen LogP contribution in [-0.2, 0) is 9.59 Å². The zero-order valence-corrected chi connectivity index (χ0v) is 23.2. The molecule has 2 saturated heterocycles. The molecule has 3 aliphatic rings. The lowest BCUT2D eigenvalue weighted by molar-refractivity contribution is -0.133. The maximum absolute atomic E-state index is 13.7. The molecule has 2 heterocycles. The molecule has 5 rings (SSSR count). The van der Waals surface area contributed by atoms with Crippen molar-refractivity contribution in [1.29, 1.82) is 0 Å². The van der Waals surface area contributed by atoms with Crippen molar-refractivity contribution in [1.82, 2.24) is 9.80 Å². The molecule has 1 N–H and O–H groups in total. The van der Waals surface area contributed by atoms with Crippen LogP contribution >= 0.6 is 0 Å². The molecule has 7 nitrogen and oxygen atoms in total. The Morgan fingerprint density at radius 3 is 2.18 bits per heavy atom. The van der Waals surface area contributed by atoms with Gasteiger partial charge in [-0.15, -0.1) is 0 Å². The number of hydrogen-bond acceptors (Lipinski definition) is 4. The first-order valence-electron chi connectivity index (χ1n) is 14.9. The van der Waals surface area contributed by atoms with Gasteiger partial charge in [-0.05, 0) is 62.3 Å². The van der Waals surface area contributed by atoms with Gasteiger partial charge in [0.05, 0.1) is 11.5 Å². The van der Waals surface area contributed by atoms with Gasteiger partial charge >= 0.3 is 0 Å². The van der Waals surface area contributed by atoms with E-state index in [0.29, 0.717) is 37.4 Å². The van der Waals surface area contributed by atoms with E-state index in [9.17, 15) is 14.4 Å². The molecule has 0 aromatic heterocycles. The van der Waals surface area contributed by atoms with Crippen LogP contribution in [0.25, 0.3) is 0 Å². The fourth-order valence-electron chi connectivity index (χ4n) is 6.39. The number of likely N-dealkylation sites (tertiary alicyclic amines) is 1. The van der Waals surface area contributed by atoms with Crippen molar-refractivity contribution in [2.45, 2.75) is 64.2 Å². The molecular weight excluding hydrogens is 488 g/mol. The van der Waals surface area contributed by atoms with Gasteiger partial charge < -0.3 is 20.0 Å². The highest BCUT2D eigenvalue weighted by Gasteiger charge is 2.30. The number of amides is 3. The van der Waals surface area contributed by atoms with Crippen molar-refractivity contribution in [3.05, 3.63) is 59.7 Å². The monoisotopic (exact) mass is 530 g/mol. The molecule has 0 bridgehead atoms. The van der Waals surface area contributed by atoms with Gasteiger partial charge in [-0.2, -0.15) is 0 Å². The summed E-state index contributed by atoms with van der Waals surface area (Å²) in [6.45, 7) is 6.21. The zero-order chi connectivity index (χ0) is 27.2. The lowest BCUT2D eigenvalue weighted by Gasteiger charge is -2.38. The van der Waals surface area contributed by atoms with Crippen LogP contribution in [0.2, 0.25) is 0 Å². The van der Waals surface area contributed by atoms with Crippen LogP contribution in [0.5, 0.6) is 0 Å². The van der Waals surface area contributed by atoms with Crippen LogP contribution in [0.15, 0.2) is 48.5 Å². The number of piperazine rings is 1. The van der Waals surface area contributed by atoms with Crippen LogP contribution in [0.3, 0.4) is 0 Å². The summed E-state index contributed by atoms with van der Waals surface area (Å²) < 4.78 is 0. The third kappa shape index (κ3) is 6.29. The van der Waals surface area contributed by atoms with E-state index in [1.807, 2.05) is 58.3 Å². The summed E-state index contributed by atoms with van der Waals surface area (Å²) in [6, 6.07) is 15.8. The molecule has 1 atom stereocenters. The summed E-state index contributed by atoms with van der Waals surface area (Å²) in [5.41, 5.74) is 3.30. The minimum atomic E-state index is -0.128. The molecule has 2 aromatic rings. The number of nitrogens with zero attached hydrogens (tertiary/aromatic N) is 3. The zero-order valence-electron chi connectivity index (χ0n) is 23.2. The number of nitrogens with one attached hydrogen (secondary N) is 1. The maximum Gasteiger partial charge on any atom is 0.256 e. The average molecular weight is 531 g/mol. The summed E-state index contributed by atoms with van der Waals surface area (Å²) in [6.07, 6.45) is 8.08. The average Bonchev–Trinajstić information content (AvgIpc) is 3.54. The first-order valence-corrected chi connectivity index (χ1v) is 14.9. The molecule has 2 aliphatic heterocycles. The second kappa shape index (κ2) is 12.7. The smallest absolute Gasteiger partial charge is 0.256 e. The highest BCUT2D eigenvalue weighted by molar-refractivity contribution is 6.02. The number of benzene rings is 2. The van der Waals surface area contributed by atoms with E-state index in [4.69, 9.17) is 0 Å². The number of hydrogen-bond donors (Lipinski definition) is 1. The third-order valence-electron chi connectivity index (χ3n) is 8.70. The summed E-state index contributed by atoms with van der Waals surface area (Å²) in [7, 11) is 0. The Bertz CT molecular complexity index is 1150. The Hall–Kier alpha value is -3.35. The van der Waals surface area contributed by atoms with Crippen LogP contribution in [0, 0.1) is 5.92 Å². The van der Waals surface area contributed by atoms with Crippen LogP contribution in [0.4, 0.5) is 11.4 Å². The lowest BCUT2D eigenvalue weighted by atomic mass is 9.94. The molecule has 0 radical (unpaired) electrons. The molecule has 208 valence electrons. The minimum Gasteiger partial charge on any atom is -0.367 e. The van der Waals surface area contributed by atoms with Gasteiger partial charge in [-0.1, -0.05) is 50.1 Å². The fraction of sp³-hybridized carbons (Fsp3) is 0.531. The van der Waals surface area contributed by atoms with E-state index < -0.39 is 0 Å². The van der Waals surface area contributed by atoms with Gasteiger partial charge in [-0.3, -0.25) is 14.4 Å². The van der Waals surface area contributed by atoms with Crippen molar-refractivity contribution in [3.8, 4) is 0 Å². The van der Waals surface area contributed by atoms with Crippen LogP contribution in [-0.4, -0.2) is 66.8 Å². The molecule has 0 unspecified atom stereocenters. The maximum atomic E-state index is 13.7. The number of carbonyl (C=O) groups is 3. The highest BCUT2D eigenvalue weighted by atomic mass is 16.2.